The zero-order valence-electron chi connectivity index (χ0n) is 16.4. The molecule has 0 radical (unpaired) electrons. The average Bonchev–Trinajstić information content (AvgIpc) is 3.24. The van der Waals surface area contributed by atoms with Crippen LogP contribution < -0.4 is 5.32 Å². The van der Waals surface area contributed by atoms with Crippen molar-refractivity contribution in [2.45, 2.75) is 46.1 Å². The van der Waals surface area contributed by atoms with Gasteiger partial charge in [-0.05, 0) is 43.5 Å². The van der Waals surface area contributed by atoms with Crippen molar-refractivity contribution in [3.05, 3.63) is 63.7 Å². The fourth-order valence-electron chi connectivity index (χ4n) is 3.14. The molecule has 3 aromatic rings. The number of anilines is 1. The normalized spacial score (nSPS) is 10.7. The molecule has 1 amide bonds. The molecule has 150 valence electrons. The number of aromatic nitrogens is 3. The summed E-state index contributed by atoms with van der Waals surface area (Å²) < 4.78 is 14.8. The van der Waals surface area contributed by atoms with Crippen molar-refractivity contribution in [1.82, 2.24) is 14.8 Å². The molecule has 0 aliphatic carbocycles. The Morgan fingerprint density at radius 2 is 2.07 bits per heavy atom. The van der Waals surface area contributed by atoms with Crippen LogP contribution in [0, 0.1) is 31.0 Å². The summed E-state index contributed by atoms with van der Waals surface area (Å²) in [7, 11) is 0. The Balaban J connectivity index is 1.54. The number of nitrogens with one attached hydrogen (secondary N) is 1. The fraction of sp³-hybridized carbons (Fsp3) is 0.333. The predicted octanol–water partition coefficient (Wildman–Crippen LogP) is 4.17. The largest absolute Gasteiger partial charge is 0.302 e. The van der Waals surface area contributed by atoms with E-state index in [4.69, 9.17) is 5.26 Å². The molecule has 0 unspecified atom stereocenters. The molecule has 8 heteroatoms. The topological polar surface area (TPSA) is 83.6 Å². The summed E-state index contributed by atoms with van der Waals surface area (Å²) in [5.74, 6) is -0.358. The number of nitriles is 1. The second-order valence-electron chi connectivity index (χ2n) is 6.76. The summed E-state index contributed by atoms with van der Waals surface area (Å²) in [6.07, 6.45) is 3.71. The zero-order chi connectivity index (χ0) is 20.8. The number of hydrogen-bond acceptors (Lipinski definition) is 5. The lowest BCUT2D eigenvalue weighted by atomic mass is 10.1. The van der Waals surface area contributed by atoms with Crippen LogP contribution in [0.25, 0.3) is 0 Å². The lowest BCUT2D eigenvalue weighted by Crippen LogP contribution is -2.12. The molecule has 1 N–H and O–H groups in total. The summed E-state index contributed by atoms with van der Waals surface area (Å²) in [5, 5.41) is 16.6. The van der Waals surface area contributed by atoms with Gasteiger partial charge in [0.2, 0.25) is 5.91 Å². The van der Waals surface area contributed by atoms with E-state index in [-0.39, 0.29) is 11.7 Å². The number of amides is 1. The van der Waals surface area contributed by atoms with Crippen LogP contribution in [0.4, 0.5) is 9.52 Å². The molecule has 0 aliphatic rings. The van der Waals surface area contributed by atoms with Gasteiger partial charge in [0, 0.05) is 29.6 Å². The summed E-state index contributed by atoms with van der Waals surface area (Å²) in [6, 6.07) is 8.48. The van der Waals surface area contributed by atoms with Crippen LogP contribution in [-0.4, -0.2) is 20.7 Å². The van der Waals surface area contributed by atoms with Gasteiger partial charge in [-0.25, -0.2) is 9.37 Å². The highest BCUT2D eigenvalue weighted by atomic mass is 32.1. The van der Waals surface area contributed by atoms with Crippen molar-refractivity contribution in [3.8, 4) is 6.07 Å². The second-order valence-corrected chi connectivity index (χ2v) is 7.88. The van der Waals surface area contributed by atoms with Crippen LogP contribution in [0.5, 0.6) is 0 Å². The molecule has 1 aromatic carbocycles. The molecule has 0 spiro atoms. The maximum Gasteiger partial charge on any atom is 0.226 e. The minimum absolute atomic E-state index is 0.101. The van der Waals surface area contributed by atoms with E-state index < -0.39 is 0 Å². The number of carbonyl (C=O) groups excluding carboxylic acids is 1. The van der Waals surface area contributed by atoms with Gasteiger partial charge in [-0.3, -0.25) is 9.48 Å². The van der Waals surface area contributed by atoms with Crippen LogP contribution in [0.2, 0.25) is 0 Å². The molecule has 29 heavy (non-hydrogen) atoms. The van der Waals surface area contributed by atoms with E-state index in [1.165, 1.54) is 23.5 Å². The Hall–Kier alpha value is -3.05. The summed E-state index contributed by atoms with van der Waals surface area (Å²) >= 11 is 1.42. The highest BCUT2D eigenvalue weighted by Crippen LogP contribution is 2.22. The fourth-order valence-corrected chi connectivity index (χ4v) is 4.00. The second kappa shape index (κ2) is 9.43. The number of rotatable bonds is 8. The molecule has 3 rings (SSSR count). The van der Waals surface area contributed by atoms with Crippen LogP contribution in [-0.2, 0) is 24.2 Å². The SMILES string of the molecule is Cc1nn(CCC#N)c(C)c1CCC(=O)Nc1ncc(Cc2ccc(F)cc2)s1. The van der Waals surface area contributed by atoms with Crippen LogP contribution in [0.1, 0.15) is 40.2 Å². The van der Waals surface area contributed by atoms with Gasteiger partial charge < -0.3 is 5.32 Å². The van der Waals surface area contributed by atoms with E-state index in [9.17, 15) is 9.18 Å². The predicted molar refractivity (Wildman–Crippen MR) is 110 cm³/mol. The van der Waals surface area contributed by atoms with E-state index in [1.54, 1.807) is 18.3 Å². The molecule has 0 saturated heterocycles. The molecular formula is C21H22FN5OS. The van der Waals surface area contributed by atoms with Crippen molar-refractivity contribution in [2.75, 3.05) is 5.32 Å². The Morgan fingerprint density at radius 1 is 1.31 bits per heavy atom. The van der Waals surface area contributed by atoms with Gasteiger partial charge in [-0.2, -0.15) is 10.4 Å². The number of nitrogens with zero attached hydrogens (tertiary/aromatic N) is 4. The Labute approximate surface area is 173 Å². The molecule has 0 aliphatic heterocycles. The van der Waals surface area contributed by atoms with Gasteiger partial charge in [0.15, 0.2) is 5.13 Å². The standard InChI is InChI=1S/C21H22FN5OS/c1-14-19(15(2)27(26-14)11-3-10-23)8-9-20(28)25-21-24-13-18(29-21)12-16-4-6-17(22)7-5-16/h4-7,13H,3,8-9,11-12H2,1-2H3,(H,24,25,28). The first-order chi connectivity index (χ1) is 14.0. The van der Waals surface area contributed by atoms with Crippen LogP contribution in [0.3, 0.4) is 0 Å². The smallest absolute Gasteiger partial charge is 0.226 e. The van der Waals surface area contributed by atoms with Gasteiger partial charge in [0.1, 0.15) is 5.82 Å². The van der Waals surface area contributed by atoms with Crippen molar-refractivity contribution >= 4 is 22.4 Å². The summed E-state index contributed by atoms with van der Waals surface area (Å²) in [4.78, 5) is 17.6. The van der Waals surface area contributed by atoms with Crippen LogP contribution >= 0.6 is 11.3 Å². The van der Waals surface area contributed by atoms with Gasteiger partial charge >= 0.3 is 0 Å². The Kier molecular flexibility index (Phi) is 6.73. The highest BCUT2D eigenvalue weighted by Gasteiger charge is 2.14. The maximum absolute atomic E-state index is 13.0. The molecule has 0 fully saturated rings. The van der Waals surface area contributed by atoms with Crippen molar-refractivity contribution in [3.63, 3.8) is 0 Å². The average molecular weight is 412 g/mol. The van der Waals surface area contributed by atoms with Gasteiger partial charge in [-0.15, -0.1) is 11.3 Å². The molecule has 0 saturated carbocycles. The van der Waals surface area contributed by atoms with E-state index >= 15 is 0 Å². The van der Waals surface area contributed by atoms with E-state index in [0.717, 1.165) is 27.4 Å². The highest BCUT2D eigenvalue weighted by molar-refractivity contribution is 7.15. The molecule has 0 bridgehead atoms. The van der Waals surface area contributed by atoms with Crippen LogP contribution in [0.15, 0.2) is 30.5 Å². The summed E-state index contributed by atoms with van der Waals surface area (Å²) in [5.41, 5.74) is 3.94. The number of thiazole rings is 1. The number of aryl methyl sites for hydroxylation is 2. The van der Waals surface area contributed by atoms with Gasteiger partial charge in [0.25, 0.3) is 0 Å². The first-order valence-electron chi connectivity index (χ1n) is 9.35. The third kappa shape index (κ3) is 5.48. The van der Waals surface area contributed by atoms with Gasteiger partial charge in [-0.1, -0.05) is 12.1 Å². The molecule has 2 heterocycles. The van der Waals surface area contributed by atoms with Crippen molar-refractivity contribution in [1.29, 1.82) is 5.26 Å². The monoisotopic (exact) mass is 411 g/mol. The zero-order valence-corrected chi connectivity index (χ0v) is 17.2. The van der Waals surface area contributed by atoms with E-state index in [1.807, 2.05) is 18.5 Å². The quantitative estimate of drug-likeness (QED) is 0.603. The third-order valence-electron chi connectivity index (χ3n) is 4.66. The maximum atomic E-state index is 13.0. The number of benzene rings is 1. The minimum Gasteiger partial charge on any atom is -0.302 e. The first kappa shape index (κ1) is 20.7. The number of hydrogen-bond donors (Lipinski definition) is 1. The van der Waals surface area contributed by atoms with Crippen molar-refractivity contribution in [2.24, 2.45) is 0 Å². The lowest BCUT2D eigenvalue weighted by Gasteiger charge is -2.04. The van der Waals surface area contributed by atoms with Gasteiger partial charge in [0.05, 0.1) is 24.7 Å². The summed E-state index contributed by atoms with van der Waals surface area (Å²) in [6.45, 7) is 4.45. The molecule has 6 nitrogen and oxygen atoms in total. The minimum atomic E-state index is -0.257. The molecule has 0 atom stereocenters. The Bertz CT molecular complexity index is 1030. The number of carbonyl (C=O) groups is 1. The molecular weight excluding hydrogens is 389 g/mol. The molecule has 2 aromatic heterocycles. The number of halogens is 1. The first-order valence-corrected chi connectivity index (χ1v) is 10.2. The van der Waals surface area contributed by atoms with E-state index in [0.29, 0.717) is 37.4 Å². The van der Waals surface area contributed by atoms with E-state index in [2.05, 4.69) is 21.5 Å². The Morgan fingerprint density at radius 3 is 2.79 bits per heavy atom. The third-order valence-corrected chi connectivity index (χ3v) is 5.57. The van der Waals surface area contributed by atoms with Crippen molar-refractivity contribution < 1.29 is 9.18 Å². The lowest BCUT2D eigenvalue weighted by molar-refractivity contribution is -0.116.